The average molecular weight is 348 g/mol. The van der Waals surface area contributed by atoms with Crippen LogP contribution < -0.4 is 9.47 Å². The van der Waals surface area contributed by atoms with Gasteiger partial charge in [0.05, 0.1) is 12.4 Å². The summed E-state index contributed by atoms with van der Waals surface area (Å²) in [6.07, 6.45) is 0. The normalized spacial score (nSPS) is 15.5. The number of halogens is 2. The molecule has 0 amide bonds. The molecule has 0 saturated carbocycles. The second kappa shape index (κ2) is 5.08. The van der Waals surface area contributed by atoms with Crippen LogP contribution in [0.15, 0.2) is 48.5 Å². The van der Waals surface area contributed by atoms with E-state index < -0.39 is 0 Å². The van der Waals surface area contributed by atoms with Gasteiger partial charge in [-0.05, 0) is 42.8 Å². The number of hydrogen-bond donors (Lipinski definition) is 1. The first-order valence-corrected chi connectivity index (χ1v) is 8.65. The van der Waals surface area contributed by atoms with Gasteiger partial charge in [0.1, 0.15) is 35.3 Å². The largest absolute Gasteiger partial charge is 0.271 e. The minimum absolute atomic E-state index is 0.250. The predicted molar refractivity (Wildman–Crippen MR) is 98.9 cm³/mol. The molecule has 2 nitrogen and oxygen atoms in total. The standard InChI is InChI=1S/C22H17F2N2/c1-12-8-16-15-10-13(23)4-6-18(15)26(3)22-17-11-14(24)5-7-19(17)25(2)20(9-12)21(16)22/h4-11H,1-3H3/q+1/p+1. The van der Waals surface area contributed by atoms with Gasteiger partial charge in [0.2, 0.25) is 11.2 Å². The topological polar surface area (TPSA) is 8.32 Å². The number of pyridine rings is 1. The van der Waals surface area contributed by atoms with Crippen LogP contribution in [-0.4, -0.2) is 7.05 Å². The maximum absolute atomic E-state index is 14.1. The van der Waals surface area contributed by atoms with E-state index in [1.807, 2.05) is 13.1 Å². The molecule has 0 radical (unpaired) electrons. The lowest BCUT2D eigenvalue weighted by atomic mass is 9.91. The van der Waals surface area contributed by atoms with Gasteiger partial charge in [-0.25, -0.2) is 8.78 Å². The highest BCUT2D eigenvalue weighted by atomic mass is 19.1. The van der Waals surface area contributed by atoms with Crippen molar-refractivity contribution in [2.24, 2.45) is 7.05 Å². The van der Waals surface area contributed by atoms with E-state index in [0.717, 1.165) is 54.8 Å². The SMILES string of the molecule is Cc1cc2c3c([n+](C)c4ccc(F)cc4c3c1)-c1cc(F)ccc1[NH+]2C. The van der Waals surface area contributed by atoms with E-state index >= 15 is 0 Å². The lowest BCUT2D eigenvalue weighted by molar-refractivity contribution is -0.735. The molecular formula is C22H18F2N2+2. The van der Waals surface area contributed by atoms with E-state index in [1.165, 1.54) is 12.1 Å². The van der Waals surface area contributed by atoms with E-state index in [9.17, 15) is 8.78 Å². The minimum Gasteiger partial charge on any atom is -0.271 e. The van der Waals surface area contributed by atoms with Crippen LogP contribution in [0.3, 0.4) is 0 Å². The fraction of sp³-hybridized carbons (Fsp3) is 0.136. The molecule has 1 aromatic heterocycles. The Bertz CT molecular complexity index is 1240. The molecule has 0 saturated heterocycles. The third-order valence-corrected chi connectivity index (χ3v) is 5.51. The Morgan fingerprint density at radius 1 is 0.846 bits per heavy atom. The molecule has 4 heteroatoms. The fourth-order valence-corrected chi connectivity index (χ4v) is 4.35. The van der Waals surface area contributed by atoms with Crippen molar-refractivity contribution in [1.82, 2.24) is 0 Å². The molecule has 1 unspecified atom stereocenters. The van der Waals surface area contributed by atoms with Crippen LogP contribution in [0.4, 0.5) is 20.2 Å². The summed E-state index contributed by atoms with van der Waals surface area (Å²) in [4.78, 5) is 1.12. The van der Waals surface area contributed by atoms with Gasteiger partial charge in [-0.15, -0.1) is 0 Å². The summed E-state index contributed by atoms with van der Waals surface area (Å²) in [7, 11) is 4.04. The van der Waals surface area contributed by atoms with Crippen molar-refractivity contribution in [1.29, 1.82) is 0 Å². The van der Waals surface area contributed by atoms with Gasteiger partial charge in [-0.1, -0.05) is 0 Å². The highest BCUT2D eigenvalue weighted by Crippen LogP contribution is 2.41. The molecule has 1 atom stereocenters. The lowest BCUT2D eigenvalue weighted by Crippen LogP contribution is -2.99. The van der Waals surface area contributed by atoms with Crippen molar-refractivity contribution in [3.8, 4) is 11.3 Å². The van der Waals surface area contributed by atoms with Crippen LogP contribution >= 0.6 is 0 Å². The van der Waals surface area contributed by atoms with Gasteiger partial charge in [0, 0.05) is 23.6 Å². The van der Waals surface area contributed by atoms with Crippen LogP contribution in [0, 0.1) is 18.6 Å². The maximum Gasteiger partial charge on any atom is 0.232 e. The van der Waals surface area contributed by atoms with Crippen molar-refractivity contribution in [2.75, 3.05) is 7.05 Å². The van der Waals surface area contributed by atoms with Crippen molar-refractivity contribution < 1.29 is 18.2 Å². The number of rotatable bonds is 0. The zero-order valence-electron chi connectivity index (χ0n) is 14.8. The van der Waals surface area contributed by atoms with Crippen LogP contribution in [-0.2, 0) is 7.05 Å². The molecule has 0 bridgehead atoms. The molecule has 2 heterocycles. The summed E-state index contributed by atoms with van der Waals surface area (Å²) >= 11 is 0. The Balaban J connectivity index is 2.11. The molecule has 3 aromatic carbocycles. The van der Waals surface area contributed by atoms with Crippen LogP contribution in [0.2, 0.25) is 0 Å². The molecule has 0 aliphatic carbocycles. The number of nitrogens with one attached hydrogen (secondary N) is 1. The number of hydrogen-bond acceptors (Lipinski definition) is 0. The number of fused-ring (bicyclic) bond motifs is 4. The Morgan fingerprint density at radius 3 is 2.38 bits per heavy atom. The molecule has 5 rings (SSSR count). The number of benzene rings is 3. The van der Waals surface area contributed by atoms with Crippen molar-refractivity contribution >= 4 is 33.1 Å². The minimum atomic E-state index is -0.251. The van der Waals surface area contributed by atoms with E-state index in [1.54, 1.807) is 18.2 Å². The Kier molecular flexibility index (Phi) is 3.01. The number of quaternary nitrogens is 1. The molecule has 0 spiro atoms. The smallest absolute Gasteiger partial charge is 0.232 e. The number of nitrogens with zero attached hydrogens (tertiary/aromatic N) is 1. The highest BCUT2D eigenvalue weighted by Gasteiger charge is 2.35. The van der Waals surface area contributed by atoms with Gasteiger partial charge in [-0.3, -0.25) is 4.90 Å². The second-order valence-electron chi connectivity index (χ2n) is 7.12. The summed E-state index contributed by atoms with van der Waals surface area (Å²) in [5, 5.41) is 2.95. The van der Waals surface area contributed by atoms with Crippen molar-refractivity contribution in [3.05, 3.63) is 65.7 Å². The molecule has 1 aliphatic rings. The van der Waals surface area contributed by atoms with Gasteiger partial charge in [0.15, 0.2) is 5.69 Å². The molecular weight excluding hydrogens is 330 g/mol. The maximum atomic E-state index is 14.1. The van der Waals surface area contributed by atoms with Crippen molar-refractivity contribution in [3.63, 3.8) is 0 Å². The highest BCUT2D eigenvalue weighted by molar-refractivity contribution is 6.14. The van der Waals surface area contributed by atoms with E-state index in [4.69, 9.17) is 0 Å². The zero-order valence-corrected chi connectivity index (χ0v) is 14.8. The summed E-state index contributed by atoms with van der Waals surface area (Å²) in [5.74, 6) is -0.502. The molecule has 1 N–H and O–H groups in total. The van der Waals surface area contributed by atoms with Crippen LogP contribution in [0.5, 0.6) is 0 Å². The Morgan fingerprint density at radius 2 is 1.58 bits per heavy atom. The van der Waals surface area contributed by atoms with E-state index in [-0.39, 0.29) is 11.6 Å². The molecule has 1 aliphatic heterocycles. The lowest BCUT2D eigenvalue weighted by Gasteiger charge is -2.24. The van der Waals surface area contributed by atoms with Gasteiger partial charge in [0.25, 0.3) is 0 Å². The third-order valence-electron chi connectivity index (χ3n) is 5.51. The van der Waals surface area contributed by atoms with E-state index in [0.29, 0.717) is 0 Å². The Hall–Kier alpha value is -2.85. The first kappa shape index (κ1) is 15.4. The third kappa shape index (κ3) is 1.90. The molecule has 128 valence electrons. The summed E-state index contributed by atoms with van der Waals surface area (Å²) in [6.45, 7) is 2.06. The summed E-state index contributed by atoms with van der Waals surface area (Å²) < 4.78 is 30.1. The zero-order chi connectivity index (χ0) is 18.2. The Labute approximate surface area is 149 Å². The quantitative estimate of drug-likeness (QED) is 0.365. The molecule has 26 heavy (non-hydrogen) atoms. The average Bonchev–Trinajstić information content (AvgIpc) is 2.61. The van der Waals surface area contributed by atoms with Crippen LogP contribution in [0.1, 0.15) is 5.56 Å². The summed E-state index contributed by atoms with van der Waals surface area (Å²) in [5.41, 5.74) is 6.11. The van der Waals surface area contributed by atoms with Gasteiger partial charge in [-0.2, -0.15) is 4.57 Å². The summed E-state index contributed by atoms with van der Waals surface area (Å²) in [6, 6.07) is 14.1. The number of aryl methyl sites for hydroxylation is 2. The van der Waals surface area contributed by atoms with Gasteiger partial charge < -0.3 is 0 Å². The number of aromatic nitrogens is 1. The second-order valence-corrected chi connectivity index (χ2v) is 7.12. The van der Waals surface area contributed by atoms with E-state index in [2.05, 4.69) is 30.7 Å². The van der Waals surface area contributed by atoms with Crippen LogP contribution in [0.25, 0.3) is 32.9 Å². The predicted octanol–water partition coefficient (Wildman–Crippen LogP) is 3.86. The first-order chi connectivity index (χ1) is 12.5. The fourth-order valence-electron chi connectivity index (χ4n) is 4.35. The first-order valence-electron chi connectivity index (χ1n) is 8.65. The monoisotopic (exact) mass is 348 g/mol. The molecule has 4 aromatic rings. The van der Waals surface area contributed by atoms with Crippen molar-refractivity contribution in [2.45, 2.75) is 6.92 Å². The van der Waals surface area contributed by atoms with Gasteiger partial charge >= 0.3 is 0 Å². The molecule has 0 fully saturated rings.